The number of allylic oxidation sites excluding steroid dienone is 1. The molecule has 8 bridgehead atoms. The Morgan fingerprint density at radius 1 is 0.792 bits per heavy atom. The number of nitrogens with zero attached hydrogens (tertiary/aromatic N) is 2. The smallest absolute Gasteiger partial charge is 0.302 e. The van der Waals surface area contributed by atoms with Gasteiger partial charge in [-0.2, -0.15) is 0 Å². The highest BCUT2D eigenvalue weighted by atomic mass is 16.5. The van der Waals surface area contributed by atoms with Gasteiger partial charge in [-0.1, -0.05) is 88.4 Å². The molecule has 2 aromatic carbocycles. The van der Waals surface area contributed by atoms with E-state index in [2.05, 4.69) is 132 Å². The summed E-state index contributed by atoms with van der Waals surface area (Å²) in [4.78, 5) is 31.5. The molecular formula is C42H46N4O2. The Morgan fingerprint density at radius 3 is 2.04 bits per heavy atom. The van der Waals surface area contributed by atoms with Gasteiger partial charge in [-0.05, 0) is 73.6 Å². The first-order chi connectivity index (χ1) is 22.7. The molecule has 0 saturated carbocycles. The Morgan fingerprint density at radius 2 is 1.42 bits per heavy atom. The van der Waals surface area contributed by atoms with Gasteiger partial charge in [0.25, 0.3) is 0 Å². The number of aliphatic imine (C=N–C) groups is 2. The van der Waals surface area contributed by atoms with Gasteiger partial charge in [0.2, 0.25) is 0 Å². The Labute approximate surface area is 283 Å². The van der Waals surface area contributed by atoms with Crippen LogP contribution >= 0.6 is 0 Å². The number of carbonyl (C=O) groups is 1. The van der Waals surface area contributed by atoms with Crippen LogP contribution in [0.15, 0.2) is 76.3 Å². The maximum Gasteiger partial charge on any atom is 0.302 e. The van der Waals surface area contributed by atoms with Gasteiger partial charge >= 0.3 is 5.97 Å². The van der Waals surface area contributed by atoms with Crippen LogP contribution in [0.1, 0.15) is 92.2 Å². The van der Waals surface area contributed by atoms with Crippen LogP contribution in [-0.2, 0) is 15.1 Å². The van der Waals surface area contributed by atoms with Crippen molar-refractivity contribution in [2.75, 3.05) is 6.61 Å². The van der Waals surface area contributed by atoms with Crippen LogP contribution in [0, 0.1) is 38.5 Å². The van der Waals surface area contributed by atoms with E-state index in [1.807, 2.05) is 0 Å². The maximum absolute atomic E-state index is 12.5. The molecule has 0 radical (unpaired) electrons. The molecule has 0 fully saturated rings. The van der Waals surface area contributed by atoms with Gasteiger partial charge in [0.1, 0.15) is 12.1 Å². The summed E-state index contributed by atoms with van der Waals surface area (Å²) < 4.78 is 5.97. The van der Waals surface area contributed by atoms with Crippen LogP contribution in [0.25, 0.3) is 17.2 Å². The van der Waals surface area contributed by atoms with Gasteiger partial charge in [-0.3, -0.25) is 14.8 Å². The van der Waals surface area contributed by atoms with Crippen LogP contribution in [-0.4, -0.2) is 34.0 Å². The summed E-state index contributed by atoms with van der Waals surface area (Å²) in [7, 11) is 0. The molecule has 3 aliphatic heterocycles. The van der Waals surface area contributed by atoms with Gasteiger partial charge in [0, 0.05) is 52.1 Å². The van der Waals surface area contributed by atoms with E-state index in [9.17, 15) is 4.79 Å². The van der Waals surface area contributed by atoms with E-state index in [0.29, 0.717) is 6.42 Å². The van der Waals surface area contributed by atoms with Crippen molar-refractivity contribution < 1.29 is 9.53 Å². The van der Waals surface area contributed by atoms with Crippen molar-refractivity contribution in [2.24, 2.45) is 20.8 Å². The van der Waals surface area contributed by atoms with Crippen LogP contribution in [0.2, 0.25) is 0 Å². The molecule has 3 aliphatic rings. The van der Waals surface area contributed by atoms with Crippen molar-refractivity contribution >= 4 is 34.6 Å². The average molecular weight is 639 g/mol. The largest absolute Gasteiger partial charge is 0.463 e. The van der Waals surface area contributed by atoms with E-state index in [4.69, 9.17) is 14.7 Å². The second-order valence-corrected chi connectivity index (χ2v) is 15.2. The third kappa shape index (κ3) is 4.87. The SMILES string of the molecule is CC(=O)OCC12N=C(CC1(C)C)/C(c1ccccc1)=c1\[nH]/c(c(C)c1C)=C\C1=NC(=C(/c3ccccc3)c3[nH]c2c(C)c3C)/CC1(C)C. The minimum Gasteiger partial charge on any atom is -0.463 e. The summed E-state index contributed by atoms with van der Waals surface area (Å²) in [6.07, 6.45) is 3.76. The van der Waals surface area contributed by atoms with E-state index < -0.39 is 11.0 Å². The molecule has 4 aromatic rings. The number of benzene rings is 2. The minimum atomic E-state index is -0.859. The fraction of sp³-hybridized carbons (Fsp3) is 0.357. The number of nitrogens with one attached hydrogen (secondary N) is 2. The predicted molar refractivity (Wildman–Crippen MR) is 196 cm³/mol. The number of aromatic nitrogens is 2. The summed E-state index contributed by atoms with van der Waals surface area (Å²) in [5.41, 5.74) is 12.8. The van der Waals surface area contributed by atoms with E-state index >= 15 is 0 Å². The topological polar surface area (TPSA) is 82.6 Å². The fourth-order valence-corrected chi connectivity index (χ4v) is 7.96. The van der Waals surface area contributed by atoms with Gasteiger partial charge < -0.3 is 14.7 Å². The molecule has 1 unspecified atom stereocenters. The normalized spacial score (nSPS) is 24.2. The Hall–Kier alpha value is -4.71. The van der Waals surface area contributed by atoms with Crippen LogP contribution in [0.4, 0.5) is 0 Å². The molecule has 6 heteroatoms. The van der Waals surface area contributed by atoms with E-state index in [-0.39, 0.29) is 18.0 Å². The Balaban J connectivity index is 1.68. The van der Waals surface area contributed by atoms with E-state index in [0.717, 1.165) is 79.0 Å². The minimum absolute atomic E-state index is 0.134. The number of hydrogen-bond donors (Lipinski definition) is 2. The fourth-order valence-electron chi connectivity index (χ4n) is 7.96. The molecule has 1 atom stereocenters. The molecule has 0 aliphatic carbocycles. The third-order valence-electron chi connectivity index (χ3n) is 11.2. The van der Waals surface area contributed by atoms with Crippen molar-refractivity contribution in [3.8, 4) is 0 Å². The zero-order chi connectivity index (χ0) is 34.2. The molecule has 6 nitrogen and oxygen atoms in total. The first kappa shape index (κ1) is 31.9. The highest BCUT2D eigenvalue weighted by Gasteiger charge is 2.55. The van der Waals surface area contributed by atoms with Crippen molar-refractivity contribution in [3.63, 3.8) is 0 Å². The first-order valence-corrected chi connectivity index (χ1v) is 17.0. The summed E-state index contributed by atoms with van der Waals surface area (Å²) in [6, 6.07) is 21.1. The lowest BCUT2D eigenvalue weighted by Crippen LogP contribution is -2.42. The predicted octanol–water partition coefficient (Wildman–Crippen LogP) is 7.53. The lowest BCUT2D eigenvalue weighted by Gasteiger charge is -2.38. The van der Waals surface area contributed by atoms with Gasteiger partial charge in [-0.25, -0.2) is 0 Å². The Bertz CT molecular complexity index is 2190. The zero-order valence-corrected chi connectivity index (χ0v) is 29.7. The van der Waals surface area contributed by atoms with Crippen LogP contribution in [0.3, 0.4) is 0 Å². The van der Waals surface area contributed by atoms with Crippen molar-refractivity contribution in [1.29, 1.82) is 0 Å². The quantitative estimate of drug-likeness (QED) is 0.227. The molecule has 48 heavy (non-hydrogen) atoms. The van der Waals surface area contributed by atoms with Gasteiger partial charge in [-0.15, -0.1) is 0 Å². The van der Waals surface area contributed by atoms with Crippen LogP contribution < -0.4 is 10.7 Å². The maximum atomic E-state index is 12.5. The second kappa shape index (κ2) is 11.2. The average Bonchev–Trinajstić information content (AvgIpc) is 3.69. The van der Waals surface area contributed by atoms with E-state index in [1.165, 1.54) is 18.1 Å². The number of fused-ring (bicyclic) bond motifs is 7. The monoisotopic (exact) mass is 638 g/mol. The summed E-state index contributed by atoms with van der Waals surface area (Å²) in [5, 5.41) is 2.13. The Kier molecular flexibility index (Phi) is 7.43. The van der Waals surface area contributed by atoms with Gasteiger partial charge in [0.15, 0.2) is 0 Å². The molecule has 5 heterocycles. The zero-order valence-electron chi connectivity index (χ0n) is 29.7. The van der Waals surface area contributed by atoms with Crippen molar-refractivity contribution in [3.05, 3.63) is 122 Å². The number of ether oxygens (including phenoxy) is 1. The first-order valence-electron chi connectivity index (χ1n) is 17.0. The number of rotatable bonds is 4. The number of carbonyl (C=O) groups excluding carboxylic acids is 1. The molecule has 7 rings (SSSR count). The number of H-pyrrole nitrogens is 2. The van der Waals surface area contributed by atoms with Gasteiger partial charge in [0.05, 0.1) is 22.4 Å². The molecule has 0 saturated heterocycles. The standard InChI is InChI=1S/C42H46N4O2/c1-24-25(2)37-36(30-18-14-11-15-19-30)33-22-41(8,9)42(46-33,23-48-28(5)47)39-27(4)26(3)38(45-39)35(29-16-12-10-13-17-29)32-21-40(6,7)34(43-32)20-31(24)44-37/h10-20,44-45H,21-23H2,1-9H3/b31-20-,35-32-,37-36-. The lowest BCUT2D eigenvalue weighted by molar-refractivity contribution is -0.144. The summed E-state index contributed by atoms with van der Waals surface area (Å²) in [6.45, 7) is 19.5. The van der Waals surface area contributed by atoms with Crippen LogP contribution in [0.5, 0.6) is 0 Å². The molecular weight excluding hydrogens is 592 g/mol. The van der Waals surface area contributed by atoms with E-state index in [1.54, 1.807) is 0 Å². The highest BCUT2D eigenvalue weighted by Crippen LogP contribution is 2.54. The second-order valence-electron chi connectivity index (χ2n) is 15.2. The van der Waals surface area contributed by atoms with Crippen molar-refractivity contribution in [2.45, 2.75) is 80.7 Å². The van der Waals surface area contributed by atoms with Crippen molar-refractivity contribution in [1.82, 2.24) is 9.97 Å². The molecule has 0 amide bonds. The molecule has 246 valence electrons. The highest BCUT2D eigenvalue weighted by molar-refractivity contribution is 6.24. The number of aromatic amines is 2. The summed E-state index contributed by atoms with van der Waals surface area (Å²) >= 11 is 0. The molecule has 0 spiro atoms. The summed E-state index contributed by atoms with van der Waals surface area (Å²) in [5.74, 6) is -0.314. The number of hydrogen-bond acceptors (Lipinski definition) is 4. The lowest BCUT2D eigenvalue weighted by atomic mass is 9.69. The molecule has 2 aromatic heterocycles. The molecule has 2 N–H and O–H groups in total. The number of esters is 1. The third-order valence-corrected chi connectivity index (χ3v) is 11.2.